The van der Waals surface area contributed by atoms with Crippen molar-refractivity contribution in [1.29, 1.82) is 0 Å². The number of nitrogens with zero attached hydrogens (tertiary/aromatic N) is 3. The highest BCUT2D eigenvalue weighted by molar-refractivity contribution is 6.76. The second kappa shape index (κ2) is 6.62. The number of furan rings is 1. The number of rotatable bonds is 2. The Hall–Kier alpha value is -3.34. The average Bonchev–Trinajstić information content (AvgIpc) is 3.13. The van der Waals surface area contributed by atoms with E-state index in [1.807, 2.05) is 60.1 Å². The molecule has 1 aliphatic heterocycles. The van der Waals surface area contributed by atoms with Gasteiger partial charge in [0.05, 0.1) is 18.9 Å². The second-order valence-electron chi connectivity index (χ2n) is 7.50. The maximum Gasteiger partial charge on any atom is 0.447 e. The molecule has 0 fully saturated rings. The first kappa shape index (κ1) is 14.6. The number of pyridine rings is 2. The fourth-order valence-electron chi connectivity index (χ4n) is 4.24. The van der Waals surface area contributed by atoms with Gasteiger partial charge in [-0.15, -0.1) is 0 Å². The van der Waals surface area contributed by atoms with Gasteiger partial charge in [-0.05, 0) is 55.5 Å². The summed E-state index contributed by atoms with van der Waals surface area (Å²) in [4.78, 5) is 6.55. The van der Waals surface area contributed by atoms with E-state index >= 15 is 0 Å². The Balaban J connectivity index is 1.70. The molecule has 142 valence electrons. The van der Waals surface area contributed by atoms with E-state index < -0.39 is 6.85 Å². The molecule has 3 aromatic heterocycles. The Morgan fingerprint density at radius 1 is 1.17 bits per heavy atom. The number of hydrogen-bond acceptors (Lipinski definition) is 3. The van der Waals surface area contributed by atoms with Crippen molar-refractivity contribution >= 4 is 35.5 Å². The molecule has 5 heteroatoms. The molecular weight excluding hydrogens is 357 g/mol. The maximum atomic E-state index is 8.09. The lowest BCUT2D eigenvalue weighted by Crippen LogP contribution is -2.52. The summed E-state index contributed by atoms with van der Waals surface area (Å²) in [6.45, 7) is 1.85. The predicted molar refractivity (Wildman–Crippen MR) is 119 cm³/mol. The Morgan fingerprint density at radius 3 is 2.79 bits per heavy atom. The van der Waals surface area contributed by atoms with Gasteiger partial charge in [0.2, 0.25) is 5.71 Å². The Kier molecular flexibility index (Phi) is 3.34. The quantitative estimate of drug-likeness (QED) is 0.382. The Morgan fingerprint density at radius 2 is 2.00 bits per heavy atom. The van der Waals surface area contributed by atoms with Gasteiger partial charge in [-0.25, -0.2) is 9.55 Å². The predicted octanol–water partition coefficient (Wildman–Crippen LogP) is 4.34. The smallest absolute Gasteiger partial charge is 0.447 e. The van der Waals surface area contributed by atoms with Gasteiger partial charge in [-0.3, -0.25) is 4.81 Å². The SMILES string of the molecule is [2H]C([2H])([2H])c1c[n+](C)c(N2B(C)c3oc4ncccc4c3C=C2C)cc1-c1ccccc1. The first-order valence-corrected chi connectivity index (χ1v) is 9.70. The van der Waals surface area contributed by atoms with Crippen molar-refractivity contribution in [2.45, 2.75) is 20.6 Å². The van der Waals surface area contributed by atoms with Crippen molar-refractivity contribution < 1.29 is 13.1 Å². The van der Waals surface area contributed by atoms with Crippen LogP contribution >= 0.6 is 0 Å². The number of fused-ring (bicyclic) bond motifs is 3. The molecule has 0 unspecified atom stereocenters. The van der Waals surface area contributed by atoms with Crippen LogP contribution in [0.1, 0.15) is 22.2 Å². The molecule has 0 saturated heterocycles. The molecule has 0 radical (unpaired) electrons. The fourth-order valence-corrected chi connectivity index (χ4v) is 4.24. The third-order valence-corrected chi connectivity index (χ3v) is 5.61. The van der Waals surface area contributed by atoms with Crippen LogP contribution in [0.5, 0.6) is 0 Å². The molecule has 4 heterocycles. The normalized spacial score (nSPS) is 15.6. The lowest BCUT2D eigenvalue weighted by atomic mass is 9.57. The topological polar surface area (TPSA) is 33.2 Å². The van der Waals surface area contributed by atoms with E-state index in [4.69, 9.17) is 8.53 Å². The molecule has 0 saturated carbocycles. The molecule has 0 aliphatic carbocycles. The third-order valence-electron chi connectivity index (χ3n) is 5.61. The van der Waals surface area contributed by atoms with Gasteiger partial charge in [0.1, 0.15) is 5.66 Å². The summed E-state index contributed by atoms with van der Waals surface area (Å²) >= 11 is 0. The zero-order valence-corrected chi connectivity index (χ0v) is 16.7. The number of anilines is 1. The minimum Gasteiger partial charge on any atom is -0.447 e. The highest BCUT2D eigenvalue weighted by atomic mass is 16.3. The number of allylic oxidation sites excluding steroid dienone is 1. The van der Waals surface area contributed by atoms with E-state index in [-0.39, 0.29) is 6.85 Å². The van der Waals surface area contributed by atoms with Crippen molar-refractivity contribution in [3.63, 3.8) is 0 Å². The molecule has 5 rings (SSSR count). The van der Waals surface area contributed by atoms with Gasteiger partial charge < -0.3 is 4.42 Å². The monoisotopic (exact) mass is 383 g/mol. The summed E-state index contributed by atoms with van der Waals surface area (Å²) < 4.78 is 32.3. The summed E-state index contributed by atoms with van der Waals surface area (Å²) in [5.74, 6) is 0.886. The summed E-state index contributed by atoms with van der Waals surface area (Å²) in [6.07, 6.45) is 5.57. The zero-order valence-electron chi connectivity index (χ0n) is 19.7. The van der Waals surface area contributed by atoms with E-state index in [0.717, 1.165) is 33.7 Å². The van der Waals surface area contributed by atoms with Crippen LogP contribution in [0, 0.1) is 6.85 Å². The van der Waals surface area contributed by atoms with E-state index in [1.165, 1.54) is 0 Å². The van der Waals surface area contributed by atoms with E-state index in [1.54, 1.807) is 12.4 Å². The van der Waals surface area contributed by atoms with Crippen LogP contribution < -0.4 is 15.0 Å². The fraction of sp³-hybridized carbons (Fsp3) is 0.167. The van der Waals surface area contributed by atoms with Crippen molar-refractivity contribution in [3.05, 3.63) is 77.7 Å². The van der Waals surface area contributed by atoms with Crippen molar-refractivity contribution in [1.82, 2.24) is 4.98 Å². The van der Waals surface area contributed by atoms with Crippen molar-refractivity contribution in [2.75, 3.05) is 4.81 Å². The van der Waals surface area contributed by atoms with Gasteiger partial charge in [0.15, 0.2) is 0 Å². The number of aryl methyl sites for hydroxylation is 2. The highest BCUT2D eigenvalue weighted by Gasteiger charge is 2.41. The van der Waals surface area contributed by atoms with Crippen LogP contribution in [-0.2, 0) is 7.05 Å². The highest BCUT2D eigenvalue weighted by Crippen LogP contribution is 2.31. The molecule has 0 amide bonds. The summed E-state index contributed by atoms with van der Waals surface area (Å²) in [5, 5.41) is 1.00. The summed E-state index contributed by atoms with van der Waals surface area (Å²) in [7, 11) is 1.88. The van der Waals surface area contributed by atoms with Gasteiger partial charge in [0, 0.05) is 27.3 Å². The minimum absolute atomic E-state index is 0.0855. The van der Waals surface area contributed by atoms with Crippen LogP contribution in [-0.4, -0.2) is 11.8 Å². The largest absolute Gasteiger partial charge is 0.447 e. The van der Waals surface area contributed by atoms with Gasteiger partial charge in [0.25, 0.3) is 5.82 Å². The molecule has 29 heavy (non-hydrogen) atoms. The Bertz CT molecular complexity index is 1360. The lowest BCUT2D eigenvalue weighted by Gasteiger charge is -2.26. The number of aromatic nitrogens is 2. The first-order chi connectivity index (χ1) is 15.3. The van der Waals surface area contributed by atoms with Gasteiger partial charge in [-0.1, -0.05) is 30.3 Å². The van der Waals surface area contributed by atoms with Crippen LogP contribution in [0.4, 0.5) is 5.82 Å². The molecule has 0 bridgehead atoms. The summed E-state index contributed by atoms with van der Waals surface area (Å²) in [5.41, 5.74) is 5.49. The standard InChI is InChI=1S/C24H23BN3O/c1-16-15-27(4)22(14-20(16)18-9-6-5-7-10-18)28-17(2)13-21-19-11-8-12-26-24(19)29-23(21)25(28)3/h5-15H,1-4H3/q+1/i1D3. The van der Waals surface area contributed by atoms with Gasteiger partial charge >= 0.3 is 6.85 Å². The molecule has 0 spiro atoms. The van der Waals surface area contributed by atoms with Crippen LogP contribution in [0.2, 0.25) is 6.82 Å². The lowest BCUT2D eigenvalue weighted by molar-refractivity contribution is -0.658. The van der Waals surface area contributed by atoms with Crippen LogP contribution in [0.25, 0.3) is 28.3 Å². The molecule has 0 atom stereocenters. The van der Waals surface area contributed by atoms with Crippen molar-refractivity contribution in [2.24, 2.45) is 7.05 Å². The molecule has 1 aromatic carbocycles. The maximum absolute atomic E-state index is 8.09. The van der Waals surface area contributed by atoms with Crippen LogP contribution in [0.15, 0.2) is 71.0 Å². The number of benzene rings is 1. The van der Waals surface area contributed by atoms with E-state index in [0.29, 0.717) is 16.8 Å². The second-order valence-corrected chi connectivity index (χ2v) is 7.50. The van der Waals surface area contributed by atoms with Crippen molar-refractivity contribution in [3.8, 4) is 11.1 Å². The van der Waals surface area contributed by atoms with Gasteiger partial charge in [-0.2, -0.15) is 0 Å². The van der Waals surface area contributed by atoms with E-state index in [9.17, 15) is 0 Å². The Labute approximate surface area is 175 Å². The average molecular weight is 383 g/mol. The molecule has 4 aromatic rings. The summed E-state index contributed by atoms with van der Waals surface area (Å²) in [6, 6.07) is 15.6. The third kappa shape index (κ3) is 2.77. The molecule has 0 N–H and O–H groups in total. The number of hydrogen-bond donors (Lipinski definition) is 0. The zero-order chi connectivity index (χ0) is 22.6. The first-order valence-electron chi connectivity index (χ1n) is 11.2. The van der Waals surface area contributed by atoms with Crippen LogP contribution in [0.3, 0.4) is 0 Å². The van der Waals surface area contributed by atoms with E-state index in [2.05, 4.69) is 29.6 Å². The molecule has 4 nitrogen and oxygen atoms in total. The minimum atomic E-state index is -2.22. The molecular formula is C24H23BN3O+. The molecule has 1 aliphatic rings.